The van der Waals surface area contributed by atoms with Crippen LogP contribution in [0.2, 0.25) is 0 Å². The molecule has 5 heteroatoms. The first-order chi connectivity index (χ1) is 9.39. The average molecular weight is 278 g/mol. The maximum absolute atomic E-state index is 13.8. The number of ether oxygens (including phenoxy) is 1. The van der Waals surface area contributed by atoms with E-state index in [0.717, 1.165) is 0 Å². The van der Waals surface area contributed by atoms with Crippen LogP contribution < -0.4 is 4.74 Å². The van der Waals surface area contributed by atoms with Crippen LogP contribution in [0.4, 0.5) is 4.39 Å². The molecule has 1 heterocycles. The first-order valence-corrected chi connectivity index (χ1v) is 6.49. The fraction of sp³-hybridized carbons (Fsp3) is 0.400. The van der Waals surface area contributed by atoms with Crippen molar-refractivity contribution < 1.29 is 14.2 Å². The van der Waals surface area contributed by atoms with Gasteiger partial charge in [-0.1, -0.05) is 32.9 Å². The number of rotatable bonds is 4. The van der Waals surface area contributed by atoms with Crippen molar-refractivity contribution in [1.82, 2.24) is 9.78 Å². The molecule has 0 fully saturated rings. The van der Waals surface area contributed by atoms with Gasteiger partial charge < -0.3 is 9.84 Å². The summed E-state index contributed by atoms with van der Waals surface area (Å²) in [6.45, 7) is 5.91. The number of aliphatic hydroxyl groups excluding tert-OH is 1. The number of para-hydroxylation sites is 1. The lowest BCUT2D eigenvalue weighted by molar-refractivity contribution is 0.0197. The summed E-state index contributed by atoms with van der Waals surface area (Å²) in [6.07, 6.45) is 0.914. The van der Waals surface area contributed by atoms with Crippen LogP contribution in [-0.2, 0) is 0 Å². The Balaban J connectivity index is 2.16. The molecular formula is C15H19FN2O2. The van der Waals surface area contributed by atoms with E-state index in [1.807, 2.05) is 20.8 Å². The van der Waals surface area contributed by atoms with E-state index in [9.17, 15) is 9.50 Å². The van der Waals surface area contributed by atoms with Gasteiger partial charge in [-0.3, -0.25) is 0 Å². The van der Waals surface area contributed by atoms with Gasteiger partial charge in [0.1, 0.15) is 18.1 Å². The maximum Gasteiger partial charge on any atom is 0.216 e. The third-order valence-corrected chi connectivity index (χ3v) is 3.08. The molecule has 0 aliphatic heterocycles. The van der Waals surface area contributed by atoms with Gasteiger partial charge in [-0.05, 0) is 17.5 Å². The zero-order chi connectivity index (χ0) is 14.8. The highest BCUT2D eigenvalue weighted by Gasteiger charge is 2.23. The minimum Gasteiger partial charge on any atom is -0.475 e. The molecule has 108 valence electrons. The van der Waals surface area contributed by atoms with E-state index < -0.39 is 6.10 Å². The molecular weight excluding hydrogens is 259 g/mol. The SMILES string of the molecule is CC(C)(C)[C@H](O)COc1ccnn1-c1ccccc1F. The Kier molecular flexibility index (Phi) is 4.09. The molecule has 0 aliphatic rings. The Labute approximate surface area is 117 Å². The largest absolute Gasteiger partial charge is 0.475 e. The fourth-order valence-electron chi connectivity index (χ4n) is 1.62. The van der Waals surface area contributed by atoms with E-state index in [2.05, 4.69) is 5.10 Å². The highest BCUT2D eigenvalue weighted by molar-refractivity contribution is 5.35. The first-order valence-electron chi connectivity index (χ1n) is 6.49. The molecule has 1 N–H and O–H groups in total. The maximum atomic E-state index is 13.8. The Hall–Kier alpha value is -1.88. The van der Waals surface area contributed by atoms with Gasteiger partial charge in [-0.2, -0.15) is 9.78 Å². The Morgan fingerprint density at radius 2 is 2.00 bits per heavy atom. The van der Waals surface area contributed by atoms with Crippen LogP contribution in [0.5, 0.6) is 5.88 Å². The molecule has 0 radical (unpaired) electrons. The summed E-state index contributed by atoms with van der Waals surface area (Å²) in [5.41, 5.74) is 0.0424. The van der Waals surface area contributed by atoms with Crippen molar-refractivity contribution in [3.8, 4) is 11.6 Å². The van der Waals surface area contributed by atoms with E-state index >= 15 is 0 Å². The van der Waals surface area contributed by atoms with Gasteiger partial charge in [-0.25, -0.2) is 4.39 Å². The number of hydrogen-bond donors (Lipinski definition) is 1. The number of benzene rings is 1. The number of halogens is 1. The summed E-state index contributed by atoms with van der Waals surface area (Å²) < 4.78 is 20.7. The predicted molar refractivity (Wildman–Crippen MR) is 74.5 cm³/mol. The van der Waals surface area contributed by atoms with Gasteiger partial charge in [0, 0.05) is 6.07 Å². The molecule has 0 aliphatic carbocycles. The van der Waals surface area contributed by atoms with Crippen molar-refractivity contribution in [1.29, 1.82) is 0 Å². The van der Waals surface area contributed by atoms with Crippen LogP contribution in [0.15, 0.2) is 36.5 Å². The molecule has 0 amide bonds. The average Bonchev–Trinajstić information content (AvgIpc) is 2.83. The van der Waals surface area contributed by atoms with Crippen LogP contribution in [0, 0.1) is 11.2 Å². The van der Waals surface area contributed by atoms with Crippen LogP contribution in [0.1, 0.15) is 20.8 Å². The first kappa shape index (κ1) is 14.5. The lowest BCUT2D eigenvalue weighted by Crippen LogP contribution is -2.32. The van der Waals surface area contributed by atoms with Crippen LogP contribution in [0.25, 0.3) is 5.69 Å². The molecule has 0 bridgehead atoms. The lowest BCUT2D eigenvalue weighted by Gasteiger charge is -2.25. The summed E-state index contributed by atoms with van der Waals surface area (Å²) in [7, 11) is 0. The summed E-state index contributed by atoms with van der Waals surface area (Å²) in [5, 5.41) is 14.0. The number of aliphatic hydroxyl groups is 1. The van der Waals surface area contributed by atoms with Crippen molar-refractivity contribution in [2.45, 2.75) is 26.9 Å². The zero-order valence-electron chi connectivity index (χ0n) is 11.9. The zero-order valence-corrected chi connectivity index (χ0v) is 11.9. The molecule has 0 unspecified atom stereocenters. The quantitative estimate of drug-likeness (QED) is 0.935. The Morgan fingerprint density at radius 1 is 1.30 bits per heavy atom. The van der Waals surface area contributed by atoms with E-state index in [4.69, 9.17) is 4.74 Å². The number of nitrogens with zero attached hydrogens (tertiary/aromatic N) is 2. The molecule has 1 aromatic heterocycles. The van der Waals surface area contributed by atoms with Crippen LogP contribution in [0.3, 0.4) is 0 Å². The van der Waals surface area contributed by atoms with E-state index in [1.54, 1.807) is 24.3 Å². The fourth-order valence-corrected chi connectivity index (χ4v) is 1.62. The second-order valence-corrected chi connectivity index (χ2v) is 5.73. The molecule has 0 saturated heterocycles. The van der Waals surface area contributed by atoms with E-state index in [1.165, 1.54) is 16.9 Å². The van der Waals surface area contributed by atoms with Gasteiger partial charge in [0.05, 0.1) is 12.3 Å². The molecule has 0 spiro atoms. The monoisotopic (exact) mass is 278 g/mol. The summed E-state index contributed by atoms with van der Waals surface area (Å²) in [5.74, 6) is 0.0239. The molecule has 4 nitrogen and oxygen atoms in total. The van der Waals surface area contributed by atoms with Gasteiger partial charge in [0.2, 0.25) is 5.88 Å². The van der Waals surface area contributed by atoms with Gasteiger partial charge in [-0.15, -0.1) is 0 Å². The van der Waals surface area contributed by atoms with Crippen molar-refractivity contribution in [2.75, 3.05) is 6.61 Å². The van der Waals surface area contributed by atoms with Gasteiger partial charge in [0.15, 0.2) is 0 Å². The van der Waals surface area contributed by atoms with Crippen LogP contribution >= 0.6 is 0 Å². The molecule has 2 aromatic rings. The van der Waals surface area contributed by atoms with Gasteiger partial charge >= 0.3 is 0 Å². The lowest BCUT2D eigenvalue weighted by atomic mass is 9.90. The standard InChI is InChI=1S/C15H19FN2O2/c1-15(2,3)13(19)10-20-14-8-9-17-18(14)12-7-5-4-6-11(12)16/h4-9,13,19H,10H2,1-3H3/t13-/m1/s1. The molecule has 0 saturated carbocycles. The van der Waals surface area contributed by atoms with Crippen molar-refractivity contribution in [2.24, 2.45) is 5.41 Å². The molecule has 1 aromatic carbocycles. The third-order valence-electron chi connectivity index (χ3n) is 3.08. The van der Waals surface area contributed by atoms with Crippen molar-refractivity contribution in [3.63, 3.8) is 0 Å². The summed E-state index contributed by atoms with van der Waals surface area (Å²) in [6, 6.07) is 7.97. The Morgan fingerprint density at radius 3 is 2.65 bits per heavy atom. The number of hydrogen-bond acceptors (Lipinski definition) is 3. The smallest absolute Gasteiger partial charge is 0.216 e. The van der Waals surface area contributed by atoms with Gasteiger partial charge in [0.25, 0.3) is 0 Å². The molecule has 2 rings (SSSR count). The highest BCUT2D eigenvalue weighted by Crippen LogP contribution is 2.22. The van der Waals surface area contributed by atoms with Crippen molar-refractivity contribution >= 4 is 0 Å². The van der Waals surface area contributed by atoms with E-state index in [0.29, 0.717) is 11.6 Å². The second kappa shape index (κ2) is 5.63. The Bertz CT molecular complexity index is 575. The third kappa shape index (κ3) is 3.17. The van der Waals surface area contributed by atoms with Crippen LogP contribution in [-0.4, -0.2) is 27.6 Å². The molecule has 1 atom stereocenters. The molecule has 20 heavy (non-hydrogen) atoms. The van der Waals surface area contributed by atoms with Crippen molar-refractivity contribution in [3.05, 3.63) is 42.3 Å². The van der Waals surface area contributed by atoms with E-state index in [-0.39, 0.29) is 17.8 Å². The summed E-state index contributed by atoms with van der Waals surface area (Å²) in [4.78, 5) is 0. The second-order valence-electron chi connectivity index (χ2n) is 5.73. The predicted octanol–water partition coefficient (Wildman–Crippen LogP) is 2.80. The normalized spacial score (nSPS) is 13.2. The minimum absolute atomic E-state index is 0.129. The summed E-state index contributed by atoms with van der Waals surface area (Å²) >= 11 is 0. The minimum atomic E-state index is -0.619. The topological polar surface area (TPSA) is 47.3 Å². The highest BCUT2D eigenvalue weighted by atomic mass is 19.1. The number of aromatic nitrogens is 2.